The Kier molecular flexibility index (Phi) is 3.71. The molecule has 0 aromatic heterocycles. The Morgan fingerprint density at radius 2 is 2.31 bits per heavy atom. The normalized spacial score (nSPS) is 17.1. The molecule has 1 aliphatic rings. The van der Waals surface area contributed by atoms with Crippen LogP contribution >= 0.6 is 0 Å². The summed E-state index contributed by atoms with van der Waals surface area (Å²) in [5.41, 5.74) is 7.50. The lowest BCUT2D eigenvalue weighted by Gasteiger charge is -2.03. The smallest absolute Gasteiger partial charge is 0.333 e. The van der Waals surface area contributed by atoms with Crippen LogP contribution in [0.1, 0.15) is 19.3 Å². The number of carbonyl (C=O) groups excluding carboxylic acids is 1. The molecule has 0 aromatic rings. The highest BCUT2D eigenvalue weighted by Crippen LogP contribution is 2.17. The summed E-state index contributed by atoms with van der Waals surface area (Å²) in [7, 11) is 1.41. The molecule has 0 atom stereocenters. The Labute approximate surface area is 78.3 Å². The number of ether oxygens (including phenoxy) is 1. The maximum absolute atomic E-state index is 11.2. The van der Waals surface area contributed by atoms with Crippen molar-refractivity contribution >= 4 is 5.97 Å². The molecule has 0 aromatic carbocycles. The van der Waals surface area contributed by atoms with E-state index in [-0.39, 0.29) is 5.97 Å². The van der Waals surface area contributed by atoms with Crippen LogP contribution in [0.2, 0.25) is 0 Å². The van der Waals surface area contributed by atoms with Gasteiger partial charge in [-0.15, -0.1) is 0 Å². The molecule has 0 unspecified atom stereocenters. The zero-order chi connectivity index (χ0) is 9.68. The van der Waals surface area contributed by atoms with Crippen LogP contribution in [0, 0.1) is 0 Å². The second-order valence-electron chi connectivity index (χ2n) is 3.02. The number of rotatable bonds is 2. The van der Waals surface area contributed by atoms with E-state index >= 15 is 0 Å². The van der Waals surface area contributed by atoms with Crippen LogP contribution in [0.15, 0.2) is 23.3 Å². The van der Waals surface area contributed by atoms with Gasteiger partial charge in [-0.05, 0) is 19.3 Å². The van der Waals surface area contributed by atoms with Gasteiger partial charge in [0.15, 0.2) is 0 Å². The molecule has 0 amide bonds. The fraction of sp³-hybridized carbons (Fsp3) is 0.500. The summed E-state index contributed by atoms with van der Waals surface area (Å²) >= 11 is 0. The highest BCUT2D eigenvalue weighted by Gasteiger charge is 2.11. The van der Waals surface area contributed by atoms with Gasteiger partial charge in [0.2, 0.25) is 0 Å². The van der Waals surface area contributed by atoms with Crippen molar-refractivity contribution in [3.8, 4) is 0 Å². The highest BCUT2D eigenvalue weighted by atomic mass is 16.5. The van der Waals surface area contributed by atoms with Gasteiger partial charge < -0.3 is 10.5 Å². The van der Waals surface area contributed by atoms with Crippen molar-refractivity contribution in [2.24, 2.45) is 5.73 Å². The summed E-state index contributed by atoms with van der Waals surface area (Å²) in [5.74, 6) is -0.216. The third-order valence-electron chi connectivity index (χ3n) is 2.20. The van der Waals surface area contributed by atoms with Gasteiger partial charge in [0, 0.05) is 12.1 Å². The van der Waals surface area contributed by atoms with E-state index in [0.29, 0.717) is 6.54 Å². The summed E-state index contributed by atoms with van der Waals surface area (Å²) in [4.78, 5) is 11.2. The highest BCUT2D eigenvalue weighted by molar-refractivity contribution is 5.88. The SMILES string of the molecule is COC(=O)C1=CCC=C(CN)CC1. The molecule has 0 heterocycles. The van der Waals surface area contributed by atoms with Crippen LogP contribution in [0.25, 0.3) is 0 Å². The lowest BCUT2D eigenvalue weighted by molar-refractivity contribution is -0.136. The monoisotopic (exact) mass is 181 g/mol. The van der Waals surface area contributed by atoms with E-state index in [1.165, 1.54) is 12.7 Å². The maximum Gasteiger partial charge on any atom is 0.333 e. The number of hydrogen-bond acceptors (Lipinski definition) is 3. The largest absolute Gasteiger partial charge is 0.466 e. The average Bonchev–Trinajstić information content (AvgIpc) is 2.41. The first-order chi connectivity index (χ1) is 6.27. The lowest BCUT2D eigenvalue weighted by Crippen LogP contribution is -2.06. The zero-order valence-corrected chi connectivity index (χ0v) is 7.88. The fourth-order valence-corrected chi connectivity index (χ4v) is 1.37. The number of allylic oxidation sites excluding steroid dienone is 2. The van der Waals surface area contributed by atoms with Crippen molar-refractivity contribution in [1.82, 2.24) is 0 Å². The van der Waals surface area contributed by atoms with Crippen LogP contribution in [0.4, 0.5) is 0 Å². The number of carbonyl (C=O) groups is 1. The third kappa shape index (κ3) is 2.70. The average molecular weight is 181 g/mol. The molecular formula is C10H15NO2. The molecule has 0 saturated heterocycles. The van der Waals surface area contributed by atoms with E-state index in [4.69, 9.17) is 5.73 Å². The van der Waals surface area contributed by atoms with Crippen LogP contribution in [-0.2, 0) is 9.53 Å². The lowest BCUT2D eigenvalue weighted by atomic mass is 10.1. The Bertz CT molecular complexity index is 254. The van der Waals surface area contributed by atoms with Crippen LogP contribution in [-0.4, -0.2) is 19.6 Å². The molecule has 2 N–H and O–H groups in total. The summed E-state index contributed by atoms with van der Waals surface area (Å²) in [5, 5.41) is 0. The molecule has 0 saturated carbocycles. The summed E-state index contributed by atoms with van der Waals surface area (Å²) in [6, 6.07) is 0. The van der Waals surface area contributed by atoms with Crippen LogP contribution in [0.3, 0.4) is 0 Å². The quantitative estimate of drug-likeness (QED) is 0.513. The second-order valence-corrected chi connectivity index (χ2v) is 3.02. The van der Waals surface area contributed by atoms with E-state index in [1.807, 2.05) is 6.08 Å². The molecule has 1 aliphatic carbocycles. The number of esters is 1. The van der Waals surface area contributed by atoms with Gasteiger partial charge >= 0.3 is 5.97 Å². The zero-order valence-electron chi connectivity index (χ0n) is 7.88. The first-order valence-electron chi connectivity index (χ1n) is 4.43. The van der Waals surface area contributed by atoms with E-state index in [2.05, 4.69) is 10.8 Å². The molecular weight excluding hydrogens is 166 g/mol. The van der Waals surface area contributed by atoms with Gasteiger partial charge in [-0.3, -0.25) is 0 Å². The van der Waals surface area contributed by atoms with Gasteiger partial charge in [0.1, 0.15) is 0 Å². The molecule has 0 spiro atoms. The molecule has 1 rings (SSSR count). The standard InChI is InChI=1S/C10H15NO2/c1-13-10(12)9-4-2-3-8(7-11)5-6-9/h3-4H,2,5-7,11H2,1H3. The Morgan fingerprint density at radius 1 is 1.54 bits per heavy atom. The van der Waals surface area contributed by atoms with Crippen molar-refractivity contribution in [3.63, 3.8) is 0 Å². The van der Waals surface area contributed by atoms with Gasteiger partial charge in [-0.25, -0.2) is 4.79 Å². The van der Waals surface area contributed by atoms with Crippen molar-refractivity contribution in [2.75, 3.05) is 13.7 Å². The Hall–Kier alpha value is -1.09. The maximum atomic E-state index is 11.2. The fourth-order valence-electron chi connectivity index (χ4n) is 1.37. The minimum absolute atomic E-state index is 0.216. The van der Waals surface area contributed by atoms with Crippen LogP contribution in [0.5, 0.6) is 0 Å². The molecule has 0 fully saturated rings. The summed E-state index contributed by atoms with van der Waals surface area (Å²) in [6.07, 6.45) is 6.40. The predicted octanol–water partition coefficient (Wildman–Crippen LogP) is 1.15. The topological polar surface area (TPSA) is 52.3 Å². The second kappa shape index (κ2) is 4.82. The number of methoxy groups -OCH3 is 1. The molecule has 0 aliphatic heterocycles. The van der Waals surface area contributed by atoms with Crippen molar-refractivity contribution in [2.45, 2.75) is 19.3 Å². The summed E-state index contributed by atoms with van der Waals surface area (Å²) < 4.78 is 4.65. The predicted molar refractivity (Wildman–Crippen MR) is 51.1 cm³/mol. The van der Waals surface area contributed by atoms with E-state index in [0.717, 1.165) is 24.8 Å². The van der Waals surface area contributed by atoms with Crippen molar-refractivity contribution in [3.05, 3.63) is 23.3 Å². The molecule has 3 nitrogen and oxygen atoms in total. The third-order valence-corrected chi connectivity index (χ3v) is 2.20. The van der Waals surface area contributed by atoms with E-state index in [1.54, 1.807) is 0 Å². The van der Waals surface area contributed by atoms with E-state index in [9.17, 15) is 4.79 Å². The van der Waals surface area contributed by atoms with Crippen LogP contribution < -0.4 is 5.73 Å². The summed E-state index contributed by atoms with van der Waals surface area (Å²) in [6.45, 7) is 0.586. The van der Waals surface area contributed by atoms with Crippen molar-refractivity contribution < 1.29 is 9.53 Å². The first kappa shape index (κ1) is 9.99. The molecule has 72 valence electrons. The van der Waals surface area contributed by atoms with E-state index < -0.39 is 0 Å². The van der Waals surface area contributed by atoms with Gasteiger partial charge in [-0.1, -0.05) is 17.7 Å². The molecule has 3 heteroatoms. The van der Waals surface area contributed by atoms with Gasteiger partial charge in [0.05, 0.1) is 7.11 Å². The Balaban J connectivity index is 2.58. The molecule has 13 heavy (non-hydrogen) atoms. The molecule has 0 radical (unpaired) electrons. The van der Waals surface area contributed by atoms with Crippen molar-refractivity contribution in [1.29, 1.82) is 0 Å². The number of hydrogen-bond donors (Lipinski definition) is 1. The number of nitrogens with two attached hydrogens (primary N) is 1. The minimum Gasteiger partial charge on any atom is -0.466 e. The van der Waals surface area contributed by atoms with Gasteiger partial charge in [0.25, 0.3) is 0 Å². The first-order valence-corrected chi connectivity index (χ1v) is 4.43. The Morgan fingerprint density at radius 3 is 2.92 bits per heavy atom. The minimum atomic E-state index is -0.216. The van der Waals surface area contributed by atoms with Gasteiger partial charge in [-0.2, -0.15) is 0 Å². The molecule has 0 bridgehead atoms.